The number of carbonyl (C=O) groups is 1. The van der Waals surface area contributed by atoms with E-state index in [9.17, 15) is 4.79 Å². The molecule has 4 nitrogen and oxygen atoms in total. The van der Waals surface area contributed by atoms with Crippen molar-refractivity contribution in [3.8, 4) is 28.5 Å². The number of nitriles is 1. The second-order valence-electron chi connectivity index (χ2n) is 6.67. The molecule has 0 unspecified atom stereocenters. The van der Waals surface area contributed by atoms with Crippen LogP contribution in [0, 0.1) is 18.3 Å². The normalized spacial score (nSPS) is 10.7. The summed E-state index contributed by atoms with van der Waals surface area (Å²) < 4.78 is 0. The zero-order chi connectivity index (χ0) is 19.4. The first kappa shape index (κ1) is 18.2. The number of nitrogens with one attached hydrogen (secondary N) is 1. The SMILES string of the molecule is Cc1ccc(-c2[nH]c(C(=O)/C=C/N(C)C)cc2-c2ccc(C#N)cc2)cc1. The molecule has 3 rings (SSSR count). The van der Waals surface area contributed by atoms with E-state index in [4.69, 9.17) is 5.26 Å². The van der Waals surface area contributed by atoms with Crippen LogP contribution in [0.25, 0.3) is 22.4 Å². The van der Waals surface area contributed by atoms with E-state index in [2.05, 4.69) is 11.1 Å². The highest BCUT2D eigenvalue weighted by molar-refractivity contribution is 6.05. The Hall–Kier alpha value is -3.58. The first-order valence-electron chi connectivity index (χ1n) is 8.67. The third kappa shape index (κ3) is 4.16. The van der Waals surface area contributed by atoms with Crippen molar-refractivity contribution in [2.45, 2.75) is 6.92 Å². The van der Waals surface area contributed by atoms with Gasteiger partial charge in [-0.15, -0.1) is 0 Å². The Morgan fingerprint density at radius 2 is 1.67 bits per heavy atom. The van der Waals surface area contributed by atoms with Crippen LogP contribution in [-0.2, 0) is 0 Å². The number of H-pyrrole nitrogens is 1. The van der Waals surface area contributed by atoms with Crippen LogP contribution in [0.4, 0.5) is 0 Å². The minimum Gasteiger partial charge on any atom is -0.383 e. The Bertz CT molecular complexity index is 1020. The second-order valence-corrected chi connectivity index (χ2v) is 6.67. The molecule has 0 amide bonds. The molecule has 0 aliphatic carbocycles. The van der Waals surface area contributed by atoms with Crippen molar-refractivity contribution >= 4 is 5.78 Å². The van der Waals surface area contributed by atoms with E-state index >= 15 is 0 Å². The van der Waals surface area contributed by atoms with Crippen LogP contribution in [0.3, 0.4) is 0 Å². The zero-order valence-electron chi connectivity index (χ0n) is 15.7. The van der Waals surface area contributed by atoms with Crippen LogP contribution < -0.4 is 0 Å². The average Bonchev–Trinajstić information content (AvgIpc) is 3.12. The number of aromatic nitrogens is 1. The minimum atomic E-state index is -0.0862. The number of nitrogens with zero attached hydrogens (tertiary/aromatic N) is 2. The lowest BCUT2D eigenvalue weighted by atomic mass is 10.00. The van der Waals surface area contributed by atoms with Crippen molar-refractivity contribution in [2.24, 2.45) is 0 Å². The number of aromatic amines is 1. The van der Waals surface area contributed by atoms with E-state index in [0.29, 0.717) is 11.3 Å². The van der Waals surface area contributed by atoms with E-state index in [1.807, 2.05) is 68.4 Å². The topological polar surface area (TPSA) is 59.9 Å². The fourth-order valence-corrected chi connectivity index (χ4v) is 2.79. The summed E-state index contributed by atoms with van der Waals surface area (Å²) in [5.74, 6) is -0.0862. The average molecular weight is 355 g/mol. The molecule has 27 heavy (non-hydrogen) atoms. The molecule has 2 aromatic carbocycles. The zero-order valence-corrected chi connectivity index (χ0v) is 15.7. The van der Waals surface area contributed by atoms with Crippen molar-refractivity contribution in [3.05, 3.63) is 83.7 Å². The summed E-state index contributed by atoms with van der Waals surface area (Å²) in [7, 11) is 3.75. The minimum absolute atomic E-state index is 0.0862. The quantitative estimate of drug-likeness (QED) is 0.529. The second kappa shape index (κ2) is 7.76. The largest absolute Gasteiger partial charge is 0.383 e. The van der Waals surface area contributed by atoms with Crippen LogP contribution in [0.15, 0.2) is 66.9 Å². The first-order chi connectivity index (χ1) is 13.0. The van der Waals surface area contributed by atoms with Crippen LogP contribution in [0.5, 0.6) is 0 Å². The lowest BCUT2D eigenvalue weighted by Gasteiger charge is -2.05. The summed E-state index contributed by atoms with van der Waals surface area (Å²) in [5, 5.41) is 9.03. The van der Waals surface area contributed by atoms with E-state index in [-0.39, 0.29) is 5.78 Å². The van der Waals surface area contributed by atoms with Crippen molar-refractivity contribution in [2.75, 3.05) is 14.1 Å². The van der Waals surface area contributed by atoms with Gasteiger partial charge in [-0.25, -0.2) is 0 Å². The van der Waals surface area contributed by atoms with Crippen LogP contribution in [0.1, 0.15) is 21.6 Å². The molecule has 1 N–H and O–H groups in total. The van der Waals surface area contributed by atoms with Gasteiger partial charge in [0.15, 0.2) is 0 Å². The summed E-state index contributed by atoms with van der Waals surface area (Å²) in [6, 6.07) is 19.6. The van der Waals surface area contributed by atoms with Gasteiger partial charge in [-0.1, -0.05) is 42.0 Å². The van der Waals surface area contributed by atoms with Crippen molar-refractivity contribution < 1.29 is 4.79 Å². The molecule has 1 heterocycles. The Morgan fingerprint density at radius 3 is 2.26 bits per heavy atom. The maximum atomic E-state index is 12.5. The van der Waals surface area contributed by atoms with E-state index in [0.717, 1.165) is 22.4 Å². The smallest absolute Gasteiger partial charge is 0.203 e. The van der Waals surface area contributed by atoms with E-state index in [1.54, 1.807) is 24.4 Å². The van der Waals surface area contributed by atoms with E-state index < -0.39 is 0 Å². The van der Waals surface area contributed by atoms with Gasteiger partial charge in [0.25, 0.3) is 0 Å². The molecule has 0 aliphatic heterocycles. The maximum Gasteiger partial charge on any atom is 0.203 e. The Morgan fingerprint density at radius 1 is 1.04 bits per heavy atom. The van der Waals surface area contributed by atoms with Crippen LogP contribution in [-0.4, -0.2) is 29.8 Å². The number of aryl methyl sites for hydroxylation is 1. The highest BCUT2D eigenvalue weighted by Gasteiger charge is 2.15. The molecule has 3 aromatic rings. The van der Waals surface area contributed by atoms with Gasteiger partial charge in [0.1, 0.15) is 0 Å². The van der Waals surface area contributed by atoms with Gasteiger partial charge in [-0.05, 0) is 36.2 Å². The van der Waals surface area contributed by atoms with Crippen LogP contribution in [0.2, 0.25) is 0 Å². The molecule has 0 saturated heterocycles. The molecule has 134 valence electrons. The summed E-state index contributed by atoms with van der Waals surface area (Å²) in [4.78, 5) is 17.7. The molecule has 0 atom stereocenters. The highest BCUT2D eigenvalue weighted by Crippen LogP contribution is 2.33. The lowest BCUT2D eigenvalue weighted by Crippen LogP contribution is -2.03. The molecule has 0 aliphatic rings. The van der Waals surface area contributed by atoms with E-state index in [1.165, 1.54) is 5.56 Å². The molecule has 0 fully saturated rings. The van der Waals surface area contributed by atoms with Gasteiger partial charge >= 0.3 is 0 Å². The molecule has 0 bridgehead atoms. The van der Waals surface area contributed by atoms with Crippen molar-refractivity contribution in [1.82, 2.24) is 9.88 Å². The third-order valence-electron chi connectivity index (χ3n) is 4.27. The number of carbonyl (C=O) groups excluding carboxylic acids is 1. The number of benzene rings is 2. The van der Waals surface area contributed by atoms with Gasteiger partial charge in [-0.2, -0.15) is 5.26 Å². The van der Waals surface area contributed by atoms with Crippen molar-refractivity contribution in [1.29, 1.82) is 5.26 Å². The molecular weight excluding hydrogens is 334 g/mol. The fraction of sp³-hybridized carbons (Fsp3) is 0.130. The van der Waals surface area contributed by atoms with Crippen molar-refractivity contribution in [3.63, 3.8) is 0 Å². The molecule has 0 saturated carbocycles. The molecule has 4 heteroatoms. The first-order valence-corrected chi connectivity index (χ1v) is 8.67. The predicted molar refractivity (Wildman–Crippen MR) is 108 cm³/mol. The Labute approximate surface area is 159 Å². The molecule has 0 radical (unpaired) electrons. The molecule has 0 spiro atoms. The van der Waals surface area contributed by atoms with Gasteiger partial charge < -0.3 is 9.88 Å². The third-order valence-corrected chi connectivity index (χ3v) is 4.27. The summed E-state index contributed by atoms with van der Waals surface area (Å²) in [6.07, 6.45) is 3.28. The standard InChI is InChI=1S/C23H21N3O/c1-16-4-8-19(9-5-16)23-20(18-10-6-17(15-24)7-11-18)14-21(25-23)22(27)12-13-26(2)3/h4-14,25H,1-3H3/b13-12+. The highest BCUT2D eigenvalue weighted by atomic mass is 16.1. The lowest BCUT2D eigenvalue weighted by molar-refractivity contribution is 0.104. The molecule has 1 aromatic heterocycles. The van der Waals surface area contributed by atoms with Gasteiger partial charge in [0, 0.05) is 31.9 Å². The maximum absolute atomic E-state index is 12.5. The summed E-state index contributed by atoms with van der Waals surface area (Å²) in [6.45, 7) is 2.04. The Kier molecular flexibility index (Phi) is 5.23. The predicted octanol–water partition coefficient (Wildman–Crippen LogP) is 4.79. The number of ketones is 1. The number of hydrogen-bond acceptors (Lipinski definition) is 3. The summed E-state index contributed by atoms with van der Waals surface area (Å²) >= 11 is 0. The number of hydrogen-bond donors (Lipinski definition) is 1. The monoisotopic (exact) mass is 355 g/mol. The van der Waals surface area contributed by atoms with Gasteiger partial charge in [-0.3, -0.25) is 4.79 Å². The van der Waals surface area contributed by atoms with Crippen LogP contribution >= 0.6 is 0 Å². The fourth-order valence-electron chi connectivity index (χ4n) is 2.79. The molecular formula is C23H21N3O. The van der Waals surface area contributed by atoms with Gasteiger partial charge in [0.05, 0.1) is 23.0 Å². The number of rotatable bonds is 5. The summed E-state index contributed by atoms with van der Waals surface area (Å²) in [5.41, 5.74) is 6.10. The Balaban J connectivity index is 2.10. The van der Waals surface area contributed by atoms with Gasteiger partial charge in [0.2, 0.25) is 5.78 Å². The number of allylic oxidation sites excluding steroid dienone is 1.